The lowest BCUT2D eigenvalue weighted by atomic mass is 9.88. The normalized spacial score (nSPS) is 23.0. The van der Waals surface area contributed by atoms with E-state index in [0.29, 0.717) is 0 Å². The quantitative estimate of drug-likeness (QED) is 0.656. The van der Waals surface area contributed by atoms with E-state index in [4.69, 9.17) is 5.73 Å². The first-order chi connectivity index (χ1) is 5.73. The molecule has 1 aliphatic rings. The van der Waals surface area contributed by atoms with Gasteiger partial charge in [-0.05, 0) is 25.9 Å². The molecule has 1 rings (SSSR count). The molecule has 2 heteroatoms. The first-order valence-electron chi connectivity index (χ1n) is 5.27. The SMILES string of the molecule is CCN(CC)C1(N)CCCCC1. The molecule has 0 amide bonds. The molecule has 72 valence electrons. The van der Waals surface area contributed by atoms with Crippen molar-refractivity contribution in [1.82, 2.24) is 4.90 Å². The van der Waals surface area contributed by atoms with E-state index in [0.717, 1.165) is 13.1 Å². The second kappa shape index (κ2) is 4.24. The number of nitrogens with two attached hydrogens (primary N) is 1. The van der Waals surface area contributed by atoms with E-state index in [9.17, 15) is 0 Å². The van der Waals surface area contributed by atoms with Gasteiger partial charge in [-0.2, -0.15) is 0 Å². The summed E-state index contributed by atoms with van der Waals surface area (Å²) in [5.74, 6) is 0. The zero-order valence-electron chi connectivity index (χ0n) is 8.47. The lowest BCUT2D eigenvalue weighted by Gasteiger charge is -2.42. The lowest BCUT2D eigenvalue weighted by molar-refractivity contribution is 0.0653. The molecule has 0 saturated heterocycles. The molecular weight excluding hydrogens is 148 g/mol. The molecule has 0 unspecified atom stereocenters. The summed E-state index contributed by atoms with van der Waals surface area (Å²) in [6, 6.07) is 0. The molecule has 2 N–H and O–H groups in total. The minimum absolute atomic E-state index is 0.0295. The van der Waals surface area contributed by atoms with Gasteiger partial charge in [0, 0.05) is 0 Å². The van der Waals surface area contributed by atoms with Crippen molar-refractivity contribution in [2.45, 2.75) is 51.6 Å². The van der Waals surface area contributed by atoms with Gasteiger partial charge >= 0.3 is 0 Å². The van der Waals surface area contributed by atoms with Crippen LogP contribution in [0.2, 0.25) is 0 Å². The molecule has 0 aromatic heterocycles. The summed E-state index contributed by atoms with van der Waals surface area (Å²) < 4.78 is 0. The molecular formula is C10H22N2. The fourth-order valence-electron chi connectivity index (χ4n) is 2.33. The maximum atomic E-state index is 6.35. The Hall–Kier alpha value is -0.0800. The summed E-state index contributed by atoms with van der Waals surface area (Å²) in [6.45, 7) is 6.58. The Bertz CT molecular complexity index is 124. The Balaban J connectivity index is 2.53. The van der Waals surface area contributed by atoms with Crippen LogP contribution in [0.5, 0.6) is 0 Å². The van der Waals surface area contributed by atoms with Gasteiger partial charge in [-0.25, -0.2) is 0 Å². The van der Waals surface area contributed by atoms with Crippen LogP contribution in [0.25, 0.3) is 0 Å². The van der Waals surface area contributed by atoms with E-state index in [-0.39, 0.29) is 5.66 Å². The number of hydrogen-bond acceptors (Lipinski definition) is 2. The van der Waals surface area contributed by atoms with Crippen LogP contribution in [0.3, 0.4) is 0 Å². The molecule has 2 nitrogen and oxygen atoms in total. The Labute approximate surface area is 76.1 Å². The van der Waals surface area contributed by atoms with Gasteiger partial charge in [0.15, 0.2) is 0 Å². The minimum Gasteiger partial charge on any atom is -0.313 e. The van der Waals surface area contributed by atoms with E-state index in [2.05, 4.69) is 18.7 Å². The molecule has 0 aliphatic heterocycles. The van der Waals surface area contributed by atoms with Crippen LogP contribution in [0.1, 0.15) is 46.0 Å². The average Bonchev–Trinajstić information content (AvgIpc) is 2.07. The minimum atomic E-state index is 0.0295. The van der Waals surface area contributed by atoms with Gasteiger partial charge < -0.3 is 5.73 Å². The van der Waals surface area contributed by atoms with Crippen molar-refractivity contribution in [3.63, 3.8) is 0 Å². The van der Waals surface area contributed by atoms with Crippen LogP contribution in [0.15, 0.2) is 0 Å². The van der Waals surface area contributed by atoms with Crippen molar-refractivity contribution in [3.05, 3.63) is 0 Å². The molecule has 1 fully saturated rings. The summed E-state index contributed by atoms with van der Waals surface area (Å²) >= 11 is 0. The van der Waals surface area contributed by atoms with Crippen LogP contribution in [0, 0.1) is 0 Å². The first-order valence-corrected chi connectivity index (χ1v) is 5.27. The van der Waals surface area contributed by atoms with Crippen LogP contribution in [-0.4, -0.2) is 23.7 Å². The van der Waals surface area contributed by atoms with Crippen LogP contribution in [0.4, 0.5) is 0 Å². The second-order valence-corrected chi connectivity index (χ2v) is 3.84. The maximum absolute atomic E-state index is 6.35. The summed E-state index contributed by atoms with van der Waals surface area (Å²) in [5.41, 5.74) is 6.38. The van der Waals surface area contributed by atoms with Gasteiger partial charge in [-0.1, -0.05) is 33.1 Å². The van der Waals surface area contributed by atoms with Gasteiger partial charge in [0.1, 0.15) is 0 Å². The predicted octanol–water partition coefficient (Wildman–Crippen LogP) is 1.95. The molecule has 0 bridgehead atoms. The molecule has 0 radical (unpaired) electrons. The van der Waals surface area contributed by atoms with Gasteiger partial charge in [0.05, 0.1) is 5.66 Å². The summed E-state index contributed by atoms with van der Waals surface area (Å²) in [6.07, 6.45) is 6.38. The highest BCUT2D eigenvalue weighted by Crippen LogP contribution is 2.28. The predicted molar refractivity (Wildman–Crippen MR) is 52.9 cm³/mol. The highest BCUT2D eigenvalue weighted by atomic mass is 15.3. The van der Waals surface area contributed by atoms with Gasteiger partial charge in [-0.15, -0.1) is 0 Å². The Morgan fingerprint density at radius 2 is 1.58 bits per heavy atom. The summed E-state index contributed by atoms with van der Waals surface area (Å²) in [7, 11) is 0. The van der Waals surface area contributed by atoms with Crippen LogP contribution < -0.4 is 5.73 Å². The number of hydrogen-bond donors (Lipinski definition) is 1. The zero-order valence-corrected chi connectivity index (χ0v) is 8.47. The first kappa shape index (κ1) is 10.0. The van der Waals surface area contributed by atoms with Gasteiger partial charge in [0.2, 0.25) is 0 Å². The van der Waals surface area contributed by atoms with Crippen LogP contribution in [-0.2, 0) is 0 Å². The van der Waals surface area contributed by atoms with Crippen molar-refractivity contribution in [2.24, 2.45) is 5.73 Å². The van der Waals surface area contributed by atoms with Crippen molar-refractivity contribution < 1.29 is 0 Å². The largest absolute Gasteiger partial charge is 0.313 e. The van der Waals surface area contributed by atoms with Crippen molar-refractivity contribution in [2.75, 3.05) is 13.1 Å². The van der Waals surface area contributed by atoms with Gasteiger partial charge in [0.25, 0.3) is 0 Å². The molecule has 1 aliphatic carbocycles. The topological polar surface area (TPSA) is 29.3 Å². The molecule has 0 atom stereocenters. The highest BCUT2D eigenvalue weighted by Gasteiger charge is 2.31. The highest BCUT2D eigenvalue weighted by molar-refractivity contribution is 4.86. The maximum Gasteiger partial charge on any atom is 0.0687 e. The third kappa shape index (κ3) is 1.99. The molecule has 0 heterocycles. The number of nitrogens with zero attached hydrogens (tertiary/aromatic N) is 1. The summed E-state index contributed by atoms with van der Waals surface area (Å²) in [5, 5.41) is 0. The molecule has 0 aromatic rings. The molecule has 1 saturated carbocycles. The standard InChI is InChI=1S/C10H22N2/c1-3-12(4-2)10(11)8-6-5-7-9-10/h3-9,11H2,1-2H3. The monoisotopic (exact) mass is 170 g/mol. The van der Waals surface area contributed by atoms with E-state index in [1.807, 2.05) is 0 Å². The number of rotatable bonds is 3. The van der Waals surface area contributed by atoms with E-state index in [1.165, 1.54) is 32.1 Å². The van der Waals surface area contributed by atoms with Crippen LogP contribution >= 0.6 is 0 Å². The van der Waals surface area contributed by atoms with Gasteiger partial charge in [-0.3, -0.25) is 4.90 Å². The Kier molecular flexibility index (Phi) is 3.53. The smallest absolute Gasteiger partial charge is 0.0687 e. The molecule has 0 aromatic carbocycles. The summed E-state index contributed by atoms with van der Waals surface area (Å²) in [4.78, 5) is 2.41. The van der Waals surface area contributed by atoms with E-state index in [1.54, 1.807) is 0 Å². The molecule has 12 heavy (non-hydrogen) atoms. The average molecular weight is 170 g/mol. The third-order valence-corrected chi connectivity index (χ3v) is 3.11. The molecule has 0 spiro atoms. The lowest BCUT2D eigenvalue weighted by Crippen LogP contribution is -2.56. The van der Waals surface area contributed by atoms with Crippen molar-refractivity contribution in [1.29, 1.82) is 0 Å². The Morgan fingerprint density at radius 3 is 2.00 bits per heavy atom. The van der Waals surface area contributed by atoms with Crippen molar-refractivity contribution in [3.8, 4) is 0 Å². The van der Waals surface area contributed by atoms with E-state index >= 15 is 0 Å². The Morgan fingerprint density at radius 1 is 1.08 bits per heavy atom. The zero-order chi connectivity index (χ0) is 9.03. The fraction of sp³-hybridized carbons (Fsp3) is 1.00. The second-order valence-electron chi connectivity index (χ2n) is 3.84. The van der Waals surface area contributed by atoms with E-state index < -0.39 is 0 Å². The third-order valence-electron chi connectivity index (χ3n) is 3.11. The van der Waals surface area contributed by atoms with Crippen molar-refractivity contribution >= 4 is 0 Å². The fourth-order valence-corrected chi connectivity index (χ4v) is 2.33.